The molecular formula is C11H19N5O2. The van der Waals surface area contributed by atoms with Crippen molar-refractivity contribution in [2.24, 2.45) is 5.84 Å². The second-order valence-corrected chi connectivity index (χ2v) is 4.23. The van der Waals surface area contributed by atoms with Gasteiger partial charge in [0, 0.05) is 26.8 Å². The lowest BCUT2D eigenvalue weighted by Crippen LogP contribution is -2.33. The number of hydrogen-bond donors (Lipinski definition) is 2. The minimum atomic E-state index is 0.348. The maximum atomic E-state index is 5.41. The molecule has 7 nitrogen and oxygen atoms in total. The van der Waals surface area contributed by atoms with E-state index in [1.165, 1.54) is 0 Å². The normalized spacial score (nSPS) is 18.9. The first-order chi connectivity index (χ1) is 8.74. The number of methoxy groups -OCH3 is 1. The average molecular weight is 253 g/mol. The van der Waals surface area contributed by atoms with Crippen molar-refractivity contribution in [3.63, 3.8) is 0 Å². The maximum Gasteiger partial charge on any atom is 0.158 e. The van der Waals surface area contributed by atoms with Crippen LogP contribution in [-0.4, -0.2) is 43.4 Å². The molecule has 1 aromatic rings. The second kappa shape index (κ2) is 5.94. The molecule has 1 aromatic heterocycles. The van der Waals surface area contributed by atoms with Gasteiger partial charge in [-0.25, -0.2) is 15.8 Å². The van der Waals surface area contributed by atoms with E-state index in [9.17, 15) is 0 Å². The van der Waals surface area contributed by atoms with Crippen molar-refractivity contribution < 1.29 is 9.47 Å². The molecule has 0 aromatic carbocycles. The van der Waals surface area contributed by atoms with Crippen LogP contribution in [0.5, 0.6) is 0 Å². The van der Waals surface area contributed by atoms with Gasteiger partial charge >= 0.3 is 0 Å². The van der Waals surface area contributed by atoms with Crippen molar-refractivity contribution in [1.29, 1.82) is 0 Å². The Hall–Kier alpha value is -1.44. The Morgan fingerprint density at radius 3 is 3.06 bits per heavy atom. The molecule has 0 saturated carbocycles. The minimum Gasteiger partial charge on any atom is -0.379 e. The van der Waals surface area contributed by atoms with Gasteiger partial charge < -0.3 is 19.8 Å². The average Bonchev–Trinajstić information content (AvgIpc) is 2.91. The Labute approximate surface area is 106 Å². The monoisotopic (exact) mass is 253 g/mol. The quantitative estimate of drug-likeness (QED) is 0.570. The van der Waals surface area contributed by atoms with E-state index in [2.05, 4.69) is 20.3 Å². The fourth-order valence-electron chi connectivity index (χ4n) is 1.95. The Balaban J connectivity index is 2.21. The molecule has 2 rings (SSSR count). The van der Waals surface area contributed by atoms with Crippen molar-refractivity contribution in [3.05, 3.63) is 11.9 Å². The third-order valence-corrected chi connectivity index (χ3v) is 2.99. The van der Waals surface area contributed by atoms with Gasteiger partial charge in [0.1, 0.15) is 18.2 Å². The number of ether oxygens (including phenoxy) is 2. The summed E-state index contributed by atoms with van der Waals surface area (Å²) in [5.41, 5.74) is 2.55. The minimum absolute atomic E-state index is 0.348. The van der Waals surface area contributed by atoms with Crippen LogP contribution in [0, 0.1) is 0 Å². The van der Waals surface area contributed by atoms with Crippen LogP contribution < -0.4 is 16.2 Å². The van der Waals surface area contributed by atoms with Crippen molar-refractivity contribution in [2.45, 2.75) is 19.1 Å². The van der Waals surface area contributed by atoms with E-state index in [4.69, 9.17) is 15.3 Å². The van der Waals surface area contributed by atoms with Crippen LogP contribution in [-0.2, 0) is 16.1 Å². The third kappa shape index (κ3) is 2.87. The summed E-state index contributed by atoms with van der Waals surface area (Å²) in [6, 6.07) is 2.17. The molecule has 0 aliphatic carbocycles. The van der Waals surface area contributed by atoms with E-state index in [0.717, 1.165) is 25.5 Å². The van der Waals surface area contributed by atoms with Crippen LogP contribution in [0.15, 0.2) is 6.07 Å². The number of hydrazine groups is 1. The molecule has 2 heterocycles. The lowest BCUT2D eigenvalue weighted by Gasteiger charge is -2.24. The van der Waals surface area contributed by atoms with Gasteiger partial charge in [-0.1, -0.05) is 0 Å². The zero-order chi connectivity index (χ0) is 13.0. The van der Waals surface area contributed by atoms with E-state index >= 15 is 0 Å². The molecule has 0 amide bonds. The van der Waals surface area contributed by atoms with Gasteiger partial charge in [-0.15, -0.1) is 0 Å². The lowest BCUT2D eigenvalue weighted by atomic mass is 10.2. The summed E-state index contributed by atoms with van der Waals surface area (Å²) in [6.45, 7) is 1.88. The zero-order valence-electron chi connectivity index (χ0n) is 10.7. The number of hydrogen-bond acceptors (Lipinski definition) is 7. The highest BCUT2D eigenvalue weighted by Crippen LogP contribution is 2.20. The number of likely N-dealkylation sites (N-methyl/N-ethyl adjacent to an activating group) is 1. The highest BCUT2D eigenvalue weighted by molar-refractivity contribution is 5.49. The molecule has 0 spiro atoms. The topological polar surface area (TPSA) is 85.5 Å². The molecule has 1 fully saturated rings. The highest BCUT2D eigenvalue weighted by Gasteiger charge is 2.22. The smallest absolute Gasteiger partial charge is 0.158 e. The molecule has 1 saturated heterocycles. The number of nitrogens with two attached hydrogens (primary N) is 1. The van der Waals surface area contributed by atoms with Crippen molar-refractivity contribution in [3.8, 4) is 0 Å². The van der Waals surface area contributed by atoms with E-state index in [-0.39, 0.29) is 0 Å². The number of nitrogens with one attached hydrogen (secondary N) is 1. The predicted octanol–water partition coefficient (Wildman–Crippen LogP) is 0.134. The van der Waals surface area contributed by atoms with Gasteiger partial charge in [-0.3, -0.25) is 0 Å². The standard InChI is InChI=1S/C11H19N5O2/c1-16(8-3-4-18-6-8)11-5-9(15-12)13-10(14-11)7-17-2/h5,8H,3-4,6-7,12H2,1-2H3,(H,13,14,15). The summed E-state index contributed by atoms with van der Waals surface area (Å²) in [5, 5.41) is 0. The summed E-state index contributed by atoms with van der Waals surface area (Å²) in [5.74, 6) is 7.42. The van der Waals surface area contributed by atoms with Crippen molar-refractivity contribution in [2.75, 3.05) is 37.7 Å². The molecule has 1 aliphatic heterocycles. The van der Waals surface area contributed by atoms with E-state index in [1.54, 1.807) is 7.11 Å². The van der Waals surface area contributed by atoms with Gasteiger partial charge in [-0.05, 0) is 6.42 Å². The molecule has 18 heavy (non-hydrogen) atoms. The molecular weight excluding hydrogens is 234 g/mol. The number of nitrogens with zero attached hydrogens (tertiary/aromatic N) is 3. The maximum absolute atomic E-state index is 5.41. The zero-order valence-corrected chi connectivity index (χ0v) is 10.7. The van der Waals surface area contributed by atoms with Crippen LogP contribution in [0.25, 0.3) is 0 Å². The molecule has 0 bridgehead atoms. The first kappa shape index (κ1) is 13.0. The molecule has 1 unspecified atom stereocenters. The molecule has 100 valence electrons. The molecule has 0 radical (unpaired) electrons. The Morgan fingerprint density at radius 1 is 1.61 bits per heavy atom. The molecule has 1 atom stereocenters. The van der Waals surface area contributed by atoms with Crippen LogP contribution in [0.2, 0.25) is 0 Å². The van der Waals surface area contributed by atoms with Gasteiger partial charge in [0.15, 0.2) is 5.82 Å². The number of nitrogen functional groups attached to an aromatic ring is 1. The van der Waals surface area contributed by atoms with E-state index in [1.807, 2.05) is 13.1 Å². The first-order valence-electron chi connectivity index (χ1n) is 5.88. The SMILES string of the molecule is COCc1nc(NN)cc(N(C)C2CCOC2)n1. The molecule has 3 N–H and O–H groups in total. The largest absolute Gasteiger partial charge is 0.379 e. The predicted molar refractivity (Wildman–Crippen MR) is 68.2 cm³/mol. The third-order valence-electron chi connectivity index (χ3n) is 2.99. The summed E-state index contributed by atoms with van der Waals surface area (Å²) in [7, 11) is 3.61. The van der Waals surface area contributed by atoms with Crippen molar-refractivity contribution >= 4 is 11.6 Å². The fourth-order valence-corrected chi connectivity index (χ4v) is 1.95. The van der Waals surface area contributed by atoms with E-state index < -0.39 is 0 Å². The van der Waals surface area contributed by atoms with Gasteiger partial charge in [0.05, 0.1) is 12.6 Å². The number of aromatic nitrogens is 2. The Bertz CT molecular complexity index is 395. The van der Waals surface area contributed by atoms with Crippen LogP contribution in [0.1, 0.15) is 12.2 Å². The first-order valence-corrected chi connectivity index (χ1v) is 5.88. The van der Waals surface area contributed by atoms with Crippen LogP contribution >= 0.6 is 0 Å². The number of rotatable bonds is 5. The molecule has 1 aliphatic rings. The van der Waals surface area contributed by atoms with Crippen LogP contribution in [0.4, 0.5) is 11.6 Å². The fraction of sp³-hybridized carbons (Fsp3) is 0.636. The van der Waals surface area contributed by atoms with Gasteiger partial charge in [0.25, 0.3) is 0 Å². The van der Waals surface area contributed by atoms with Gasteiger partial charge in [0.2, 0.25) is 0 Å². The highest BCUT2D eigenvalue weighted by atomic mass is 16.5. The van der Waals surface area contributed by atoms with E-state index in [0.29, 0.717) is 24.3 Å². The summed E-state index contributed by atoms with van der Waals surface area (Å²) >= 11 is 0. The number of anilines is 2. The summed E-state index contributed by atoms with van der Waals surface area (Å²) < 4.78 is 10.4. The van der Waals surface area contributed by atoms with Crippen LogP contribution in [0.3, 0.4) is 0 Å². The van der Waals surface area contributed by atoms with Crippen molar-refractivity contribution in [1.82, 2.24) is 9.97 Å². The summed E-state index contributed by atoms with van der Waals surface area (Å²) in [4.78, 5) is 10.8. The summed E-state index contributed by atoms with van der Waals surface area (Å²) in [6.07, 6.45) is 1.01. The lowest BCUT2D eigenvalue weighted by molar-refractivity contribution is 0.178. The Kier molecular flexibility index (Phi) is 4.29. The molecule has 7 heteroatoms. The second-order valence-electron chi connectivity index (χ2n) is 4.23. The Morgan fingerprint density at radius 2 is 2.44 bits per heavy atom. The van der Waals surface area contributed by atoms with Gasteiger partial charge in [-0.2, -0.15) is 0 Å².